The second-order valence-electron chi connectivity index (χ2n) is 7.79. The Morgan fingerprint density at radius 3 is 2.88 bits per heavy atom. The number of hydrogen-bond acceptors (Lipinski definition) is 6. The van der Waals surface area contributed by atoms with Gasteiger partial charge in [0, 0.05) is 26.1 Å². The van der Waals surface area contributed by atoms with Crippen molar-refractivity contribution in [2.24, 2.45) is 0 Å². The minimum Gasteiger partial charge on any atom is -0.487 e. The van der Waals surface area contributed by atoms with Crippen LogP contribution < -0.4 is 4.74 Å². The average Bonchev–Trinajstić information content (AvgIpc) is 3.08. The number of aromatic nitrogens is 2. The first-order valence-electron chi connectivity index (χ1n) is 8.87. The van der Waals surface area contributed by atoms with Gasteiger partial charge >= 0.3 is 0 Å². The van der Waals surface area contributed by atoms with Crippen LogP contribution in [0.5, 0.6) is 5.75 Å². The summed E-state index contributed by atoms with van der Waals surface area (Å²) in [5.41, 5.74) is 2.50. The third-order valence-corrected chi connectivity index (χ3v) is 4.69. The Morgan fingerprint density at radius 1 is 1.28 bits per heavy atom. The summed E-state index contributed by atoms with van der Waals surface area (Å²) >= 11 is 0. The fourth-order valence-electron chi connectivity index (χ4n) is 3.77. The first-order valence-corrected chi connectivity index (χ1v) is 8.87. The Morgan fingerprint density at radius 2 is 2.12 bits per heavy atom. The van der Waals surface area contributed by atoms with Gasteiger partial charge in [0.1, 0.15) is 17.5 Å². The van der Waals surface area contributed by atoms with Crippen LogP contribution in [0.15, 0.2) is 22.7 Å². The number of fused-ring (bicyclic) bond motifs is 1. The van der Waals surface area contributed by atoms with E-state index in [4.69, 9.17) is 14.0 Å². The molecule has 0 amide bonds. The smallest absolute Gasteiger partial charge is 0.257 e. The molecule has 0 saturated carbocycles. The fraction of sp³-hybridized carbons (Fsp3) is 0.579. The van der Waals surface area contributed by atoms with Crippen LogP contribution in [0.3, 0.4) is 0 Å². The Bertz CT molecular complexity index is 771. The summed E-state index contributed by atoms with van der Waals surface area (Å²) < 4.78 is 17.3. The molecule has 4 rings (SSSR count). The second kappa shape index (κ2) is 6.11. The molecular formula is C19H25N3O3. The zero-order chi connectivity index (χ0) is 17.6. The number of ether oxygens (including phenoxy) is 2. The van der Waals surface area contributed by atoms with Gasteiger partial charge in [-0.3, -0.25) is 4.90 Å². The molecule has 3 heterocycles. The van der Waals surface area contributed by atoms with Gasteiger partial charge < -0.3 is 14.0 Å². The summed E-state index contributed by atoms with van der Waals surface area (Å²) in [6, 6.07) is 6.53. The van der Waals surface area contributed by atoms with Crippen molar-refractivity contribution in [3.05, 3.63) is 41.0 Å². The van der Waals surface area contributed by atoms with Crippen molar-refractivity contribution >= 4 is 0 Å². The summed E-state index contributed by atoms with van der Waals surface area (Å²) in [4.78, 5) is 6.72. The standard InChI is InChI=1S/C19H25N3O3/c1-12-9-22(11-17(23-12)18-20-13(2)21-25-18)10-14-5-6-16-15(7-14)8-19(3,4)24-16/h5-7,12,17H,8-11H2,1-4H3/t12-,17-/m1/s1. The van der Waals surface area contributed by atoms with E-state index in [0.717, 1.165) is 31.8 Å². The minimum atomic E-state index is -0.165. The monoisotopic (exact) mass is 343 g/mol. The summed E-state index contributed by atoms with van der Waals surface area (Å²) in [7, 11) is 0. The lowest BCUT2D eigenvalue weighted by molar-refractivity contribution is -0.0930. The first-order chi connectivity index (χ1) is 11.9. The topological polar surface area (TPSA) is 60.6 Å². The van der Waals surface area contributed by atoms with Crippen molar-refractivity contribution in [2.75, 3.05) is 13.1 Å². The molecule has 1 aromatic carbocycles. The van der Waals surface area contributed by atoms with Gasteiger partial charge in [0.05, 0.1) is 6.10 Å². The Hall–Kier alpha value is -1.92. The second-order valence-corrected chi connectivity index (χ2v) is 7.79. The van der Waals surface area contributed by atoms with Gasteiger partial charge in [0.15, 0.2) is 5.82 Å². The lowest BCUT2D eigenvalue weighted by Gasteiger charge is -2.35. The van der Waals surface area contributed by atoms with E-state index in [-0.39, 0.29) is 17.8 Å². The molecule has 0 aliphatic carbocycles. The zero-order valence-corrected chi connectivity index (χ0v) is 15.3. The molecule has 0 unspecified atom stereocenters. The van der Waals surface area contributed by atoms with Crippen LogP contribution in [0.25, 0.3) is 0 Å². The van der Waals surface area contributed by atoms with Crippen molar-refractivity contribution in [1.29, 1.82) is 0 Å². The third kappa shape index (κ3) is 3.55. The highest BCUT2D eigenvalue weighted by molar-refractivity contribution is 5.41. The maximum absolute atomic E-state index is 6.00. The molecule has 1 saturated heterocycles. The van der Waals surface area contributed by atoms with E-state index < -0.39 is 0 Å². The molecule has 0 radical (unpaired) electrons. The van der Waals surface area contributed by atoms with Gasteiger partial charge in [0.25, 0.3) is 5.89 Å². The predicted molar refractivity (Wildman–Crippen MR) is 92.5 cm³/mol. The number of morpholine rings is 1. The highest BCUT2D eigenvalue weighted by Gasteiger charge is 2.32. The van der Waals surface area contributed by atoms with E-state index in [1.54, 1.807) is 0 Å². The number of nitrogens with zero attached hydrogens (tertiary/aromatic N) is 3. The van der Waals surface area contributed by atoms with E-state index in [1.165, 1.54) is 11.1 Å². The summed E-state index contributed by atoms with van der Waals surface area (Å²) in [6.45, 7) is 10.7. The molecule has 2 aliphatic heterocycles. The normalized spacial score (nSPS) is 25.6. The van der Waals surface area contributed by atoms with Crippen LogP contribution in [0.4, 0.5) is 0 Å². The predicted octanol–water partition coefficient (Wildman–Crippen LogP) is 3.05. The van der Waals surface area contributed by atoms with E-state index in [2.05, 4.69) is 54.0 Å². The van der Waals surface area contributed by atoms with Crippen molar-refractivity contribution in [3.63, 3.8) is 0 Å². The van der Waals surface area contributed by atoms with Crippen LogP contribution in [0.2, 0.25) is 0 Å². The molecular weight excluding hydrogens is 318 g/mol. The van der Waals surface area contributed by atoms with Gasteiger partial charge in [0.2, 0.25) is 0 Å². The molecule has 2 atom stereocenters. The molecule has 0 N–H and O–H groups in total. The molecule has 0 bridgehead atoms. The fourth-order valence-corrected chi connectivity index (χ4v) is 3.77. The van der Waals surface area contributed by atoms with Crippen LogP contribution in [0, 0.1) is 6.92 Å². The van der Waals surface area contributed by atoms with Gasteiger partial charge in [-0.2, -0.15) is 4.98 Å². The van der Waals surface area contributed by atoms with E-state index in [0.29, 0.717) is 11.7 Å². The number of hydrogen-bond donors (Lipinski definition) is 0. The highest BCUT2D eigenvalue weighted by atomic mass is 16.5. The van der Waals surface area contributed by atoms with Gasteiger partial charge in [-0.1, -0.05) is 17.3 Å². The Balaban J connectivity index is 1.47. The van der Waals surface area contributed by atoms with Gasteiger partial charge in [-0.25, -0.2) is 0 Å². The summed E-state index contributed by atoms with van der Waals surface area (Å²) in [6.07, 6.45) is 0.920. The lowest BCUT2D eigenvalue weighted by atomic mass is 10.00. The number of aryl methyl sites for hydroxylation is 1. The Kier molecular flexibility index (Phi) is 4.04. The molecule has 134 valence electrons. The van der Waals surface area contributed by atoms with E-state index in [9.17, 15) is 0 Å². The van der Waals surface area contributed by atoms with Gasteiger partial charge in [-0.15, -0.1) is 0 Å². The molecule has 1 aromatic heterocycles. The van der Waals surface area contributed by atoms with Crippen LogP contribution in [-0.2, 0) is 17.7 Å². The Labute approximate surface area is 148 Å². The molecule has 2 aliphatic rings. The maximum Gasteiger partial charge on any atom is 0.257 e. The van der Waals surface area contributed by atoms with Crippen molar-refractivity contribution in [1.82, 2.24) is 15.0 Å². The van der Waals surface area contributed by atoms with Crippen molar-refractivity contribution < 1.29 is 14.0 Å². The highest BCUT2D eigenvalue weighted by Crippen LogP contribution is 2.35. The zero-order valence-electron chi connectivity index (χ0n) is 15.3. The van der Waals surface area contributed by atoms with E-state index >= 15 is 0 Å². The largest absolute Gasteiger partial charge is 0.487 e. The molecule has 6 heteroatoms. The molecule has 1 fully saturated rings. The number of benzene rings is 1. The van der Waals surface area contributed by atoms with Crippen molar-refractivity contribution in [3.8, 4) is 5.75 Å². The van der Waals surface area contributed by atoms with Crippen LogP contribution in [-0.4, -0.2) is 39.8 Å². The number of rotatable bonds is 3. The summed E-state index contributed by atoms with van der Waals surface area (Å²) in [5, 5.41) is 3.88. The minimum absolute atomic E-state index is 0.102. The molecule has 25 heavy (non-hydrogen) atoms. The molecule has 6 nitrogen and oxygen atoms in total. The van der Waals surface area contributed by atoms with E-state index in [1.807, 2.05) is 6.92 Å². The SMILES string of the molecule is Cc1noc([C@H]2CN(Cc3ccc4c(c3)CC(C)(C)O4)C[C@@H](C)O2)n1. The maximum atomic E-state index is 6.00. The summed E-state index contributed by atoms with van der Waals surface area (Å²) in [5.74, 6) is 2.23. The van der Waals surface area contributed by atoms with Crippen LogP contribution >= 0.6 is 0 Å². The van der Waals surface area contributed by atoms with Gasteiger partial charge in [-0.05, 0) is 44.9 Å². The van der Waals surface area contributed by atoms with Crippen molar-refractivity contribution in [2.45, 2.75) is 58.5 Å². The lowest BCUT2D eigenvalue weighted by Crippen LogP contribution is -2.42. The molecule has 0 spiro atoms. The first kappa shape index (κ1) is 16.5. The quantitative estimate of drug-likeness (QED) is 0.854. The third-order valence-electron chi connectivity index (χ3n) is 4.69. The molecule has 2 aromatic rings. The van der Waals surface area contributed by atoms with Crippen LogP contribution in [0.1, 0.15) is 49.7 Å². The average molecular weight is 343 g/mol.